The van der Waals surface area contributed by atoms with E-state index in [-0.39, 0.29) is 17.4 Å². The molecule has 7 heteroatoms. The minimum atomic E-state index is -0.530. The van der Waals surface area contributed by atoms with Crippen molar-refractivity contribution in [1.82, 2.24) is 9.97 Å². The lowest BCUT2D eigenvalue weighted by atomic mass is 9.89. The Morgan fingerprint density at radius 1 is 1.19 bits per heavy atom. The maximum absolute atomic E-state index is 13.0. The molecule has 1 aliphatic heterocycles. The van der Waals surface area contributed by atoms with Crippen molar-refractivity contribution in [2.45, 2.75) is 12.8 Å². The van der Waals surface area contributed by atoms with E-state index in [1.165, 1.54) is 13.3 Å². The van der Waals surface area contributed by atoms with Gasteiger partial charge in [0, 0.05) is 19.0 Å². The molecule has 0 amide bonds. The first kappa shape index (κ1) is 17.8. The summed E-state index contributed by atoms with van der Waals surface area (Å²) in [4.78, 5) is 35.0. The predicted molar refractivity (Wildman–Crippen MR) is 95.6 cm³/mol. The molecule has 0 bridgehead atoms. The number of rotatable bonds is 5. The lowest BCUT2D eigenvalue weighted by molar-refractivity contribution is 0.0593. The molecule has 1 fully saturated rings. The molecule has 0 saturated carbocycles. The van der Waals surface area contributed by atoms with E-state index in [1.54, 1.807) is 25.4 Å². The van der Waals surface area contributed by atoms with Gasteiger partial charge in [-0.2, -0.15) is 0 Å². The lowest BCUT2D eigenvalue weighted by Gasteiger charge is -2.32. The van der Waals surface area contributed by atoms with Crippen molar-refractivity contribution in [2.24, 2.45) is 5.92 Å². The molecular weight excluding hydrogens is 334 g/mol. The number of anilines is 1. The van der Waals surface area contributed by atoms with Gasteiger partial charge in [0.25, 0.3) is 0 Å². The molecule has 0 unspecified atom stereocenters. The van der Waals surface area contributed by atoms with Crippen molar-refractivity contribution in [1.29, 1.82) is 0 Å². The topological polar surface area (TPSA) is 81.6 Å². The largest absolute Gasteiger partial charge is 0.496 e. The number of carbonyl (C=O) groups is 2. The van der Waals surface area contributed by atoms with E-state index in [0.717, 1.165) is 19.4 Å². The highest BCUT2D eigenvalue weighted by Crippen LogP contribution is 2.27. The number of hydrogen-bond donors (Lipinski definition) is 0. The number of carbonyl (C=O) groups excluding carboxylic acids is 2. The molecule has 0 spiro atoms. The van der Waals surface area contributed by atoms with Crippen molar-refractivity contribution >= 4 is 17.6 Å². The number of nitrogens with zero attached hydrogens (tertiary/aromatic N) is 3. The van der Waals surface area contributed by atoms with Crippen LogP contribution in [0.15, 0.2) is 36.7 Å². The summed E-state index contributed by atoms with van der Waals surface area (Å²) < 4.78 is 10.0. The Labute approximate surface area is 152 Å². The number of Topliss-reactive ketones (excluding diaryl/α,β-unsaturated/α-hetero) is 1. The van der Waals surface area contributed by atoms with E-state index in [4.69, 9.17) is 9.47 Å². The second-order valence-corrected chi connectivity index (χ2v) is 6.10. The van der Waals surface area contributed by atoms with Gasteiger partial charge in [-0.1, -0.05) is 12.1 Å². The Balaban J connectivity index is 1.79. The van der Waals surface area contributed by atoms with Crippen LogP contribution in [0.25, 0.3) is 0 Å². The van der Waals surface area contributed by atoms with E-state index in [1.807, 2.05) is 17.0 Å². The highest BCUT2D eigenvalue weighted by atomic mass is 16.5. The van der Waals surface area contributed by atoms with E-state index >= 15 is 0 Å². The van der Waals surface area contributed by atoms with E-state index in [2.05, 4.69) is 9.97 Å². The van der Waals surface area contributed by atoms with Gasteiger partial charge in [0.1, 0.15) is 11.6 Å². The molecule has 3 rings (SSSR count). The monoisotopic (exact) mass is 355 g/mol. The summed E-state index contributed by atoms with van der Waals surface area (Å²) in [7, 11) is 2.87. The number of ether oxygens (including phenoxy) is 2. The molecule has 1 saturated heterocycles. The van der Waals surface area contributed by atoms with Crippen molar-refractivity contribution in [3.63, 3.8) is 0 Å². The number of ketones is 1. The Bertz CT molecular complexity index is 809. The quantitative estimate of drug-likeness (QED) is 0.601. The fourth-order valence-electron chi connectivity index (χ4n) is 3.18. The SMILES string of the molecule is COC(=O)c1cncc(N2CCC[C@H](C(=O)c3ccccc3OC)C2)n1. The third kappa shape index (κ3) is 3.66. The Morgan fingerprint density at radius 2 is 2.00 bits per heavy atom. The van der Waals surface area contributed by atoms with Gasteiger partial charge in [-0.15, -0.1) is 0 Å². The fourth-order valence-corrected chi connectivity index (χ4v) is 3.18. The van der Waals surface area contributed by atoms with Crippen molar-refractivity contribution < 1.29 is 19.1 Å². The Hall–Kier alpha value is -2.96. The average Bonchev–Trinajstić information content (AvgIpc) is 2.72. The van der Waals surface area contributed by atoms with Gasteiger partial charge in [0.15, 0.2) is 11.5 Å². The summed E-state index contributed by atoms with van der Waals surface area (Å²) in [5, 5.41) is 0. The van der Waals surface area contributed by atoms with Crippen LogP contribution < -0.4 is 9.64 Å². The first-order valence-electron chi connectivity index (χ1n) is 8.46. The summed E-state index contributed by atoms with van der Waals surface area (Å²) in [6.07, 6.45) is 4.63. The summed E-state index contributed by atoms with van der Waals surface area (Å²) in [5.74, 6) is 0.526. The molecule has 1 aliphatic rings. The minimum Gasteiger partial charge on any atom is -0.496 e. The number of esters is 1. The molecule has 26 heavy (non-hydrogen) atoms. The molecule has 2 aromatic rings. The molecule has 7 nitrogen and oxygen atoms in total. The van der Waals surface area contributed by atoms with Gasteiger partial charge < -0.3 is 14.4 Å². The maximum Gasteiger partial charge on any atom is 0.358 e. The molecule has 2 heterocycles. The molecular formula is C19H21N3O4. The second-order valence-electron chi connectivity index (χ2n) is 6.10. The van der Waals surface area contributed by atoms with Crippen LogP contribution in [-0.4, -0.2) is 49.0 Å². The molecule has 1 aromatic carbocycles. The molecule has 0 aliphatic carbocycles. The number of aromatic nitrogens is 2. The Kier molecular flexibility index (Phi) is 5.46. The van der Waals surface area contributed by atoms with Crippen LogP contribution in [0.4, 0.5) is 5.82 Å². The van der Waals surface area contributed by atoms with Crippen LogP contribution in [0.2, 0.25) is 0 Å². The first-order valence-corrected chi connectivity index (χ1v) is 8.46. The van der Waals surface area contributed by atoms with E-state index in [9.17, 15) is 9.59 Å². The molecule has 1 atom stereocenters. The number of para-hydroxylation sites is 1. The average molecular weight is 355 g/mol. The maximum atomic E-state index is 13.0. The summed E-state index contributed by atoms with van der Waals surface area (Å²) in [6, 6.07) is 7.26. The Morgan fingerprint density at radius 3 is 2.77 bits per heavy atom. The molecule has 136 valence electrons. The van der Waals surface area contributed by atoms with E-state index in [0.29, 0.717) is 23.7 Å². The van der Waals surface area contributed by atoms with Gasteiger partial charge in [0.05, 0.1) is 32.2 Å². The first-order chi connectivity index (χ1) is 12.6. The molecule has 1 aromatic heterocycles. The van der Waals surface area contributed by atoms with Gasteiger partial charge in [-0.05, 0) is 25.0 Å². The normalized spacial score (nSPS) is 16.8. The van der Waals surface area contributed by atoms with Gasteiger partial charge in [0.2, 0.25) is 0 Å². The molecule has 0 N–H and O–H groups in total. The number of methoxy groups -OCH3 is 2. The minimum absolute atomic E-state index is 0.0595. The highest BCUT2D eigenvalue weighted by molar-refractivity contribution is 6.00. The van der Waals surface area contributed by atoms with Crippen molar-refractivity contribution in [3.8, 4) is 5.75 Å². The van der Waals surface area contributed by atoms with Crippen LogP contribution in [0.5, 0.6) is 5.75 Å². The van der Waals surface area contributed by atoms with Gasteiger partial charge in [-0.3, -0.25) is 9.78 Å². The third-order valence-electron chi connectivity index (χ3n) is 4.50. The van der Waals surface area contributed by atoms with Crippen molar-refractivity contribution in [3.05, 3.63) is 47.9 Å². The van der Waals surface area contributed by atoms with Crippen LogP contribution in [0, 0.1) is 5.92 Å². The van der Waals surface area contributed by atoms with Crippen LogP contribution >= 0.6 is 0 Å². The zero-order valence-electron chi connectivity index (χ0n) is 14.8. The zero-order chi connectivity index (χ0) is 18.5. The summed E-state index contributed by atoms with van der Waals surface area (Å²) in [6.45, 7) is 1.28. The third-order valence-corrected chi connectivity index (χ3v) is 4.50. The highest BCUT2D eigenvalue weighted by Gasteiger charge is 2.29. The second kappa shape index (κ2) is 7.95. The molecule has 0 radical (unpaired) electrons. The standard InChI is InChI=1S/C19H21N3O4/c1-25-16-8-4-3-7-14(16)18(23)13-6-5-9-22(12-13)17-11-20-10-15(21-17)19(24)26-2/h3-4,7-8,10-11,13H,5-6,9,12H2,1-2H3/t13-/m0/s1. The summed E-state index contributed by atoms with van der Waals surface area (Å²) in [5.41, 5.74) is 0.749. The predicted octanol–water partition coefficient (Wildman–Crippen LogP) is 2.37. The van der Waals surface area contributed by atoms with E-state index < -0.39 is 5.97 Å². The smallest absolute Gasteiger partial charge is 0.358 e. The number of hydrogen-bond acceptors (Lipinski definition) is 7. The van der Waals surface area contributed by atoms with Crippen LogP contribution in [0.3, 0.4) is 0 Å². The van der Waals surface area contributed by atoms with Crippen molar-refractivity contribution in [2.75, 3.05) is 32.2 Å². The number of piperidine rings is 1. The zero-order valence-corrected chi connectivity index (χ0v) is 14.8. The van der Waals surface area contributed by atoms with Crippen LogP contribution in [-0.2, 0) is 4.74 Å². The van der Waals surface area contributed by atoms with Gasteiger partial charge in [-0.25, -0.2) is 9.78 Å². The van der Waals surface area contributed by atoms with Gasteiger partial charge >= 0.3 is 5.97 Å². The summed E-state index contributed by atoms with van der Waals surface area (Å²) >= 11 is 0. The lowest BCUT2D eigenvalue weighted by Crippen LogP contribution is -2.39. The number of benzene rings is 1. The fraction of sp³-hybridized carbons (Fsp3) is 0.368. The van der Waals surface area contributed by atoms with Crippen LogP contribution in [0.1, 0.15) is 33.7 Å².